The van der Waals surface area contributed by atoms with Crippen LogP contribution in [-0.2, 0) is 0 Å². The fraction of sp³-hybridized carbons (Fsp3) is 0.261. The van der Waals surface area contributed by atoms with Gasteiger partial charge in [-0.1, -0.05) is 12.1 Å². The summed E-state index contributed by atoms with van der Waals surface area (Å²) in [5, 5.41) is 0. The van der Waals surface area contributed by atoms with E-state index in [1.54, 1.807) is 19.5 Å². The van der Waals surface area contributed by atoms with Crippen LogP contribution in [0, 0.1) is 5.82 Å². The van der Waals surface area contributed by atoms with Gasteiger partial charge in [0.15, 0.2) is 0 Å². The van der Waals surface area contributed by atoms with Crippen molar-refractivity contribution in [1.82, 2.24) is 14.9 Å². The summed E-state index contributed by atoms with van der Waals surface area (Å²) >= 11 is 0. The van der Waals surface area contributed by atoms with E-state index in [1.165, 1.54) is 24.3 Å². The van der Waals surface area contributed by atoms with E-state index in [0.717, 1.165) is 35.5 Å². The maximum Gasteiger partial charge on any atom is 0.253 e. The third kappa shape index (κ3) is 4.26. The number of aromatic nitrogens is 2. The lowest BCUT2D eigenvalue weighted by Gasteiger charge is -2.32. The minimum atomic E-state index is -0.345. The van der Waals surface area contributed by atoms with Gasteiger partial charge in [0, 0.05) is 36.3 Å². The minimum absolute atomic E-state index is 0.0772. The summed E-state index contributed by atoms with van der Waals surface area (Å²) in [5.74, 6) is 0.462. The zero-order valence-electron chi connectivity index (χ0n) is 16.2. The molecule has 0 saturated carbocycles. The number of likely N-dealkylation sites (tertiary alicyclic amines) is 1. The molecule has 1 amide bonds. The molecule has 1 aliphatic heterocycles. The van der Waals surface area contributed by atoms with E-state index in [0.29, 0.717) is 18.7 Å². The zero-order valence-corrected chi connectivity index (χ0v) is 16.2. The molecule has 1 fully saturated rings. The molecule has 2 heterocycles. The fourth-order valence-corrected chi connectivity index (χ4v) is 3.68. The largest absolute Gasteiger partial charge is 0.497 e. The van der Waals surface area contributed by atoms with E-state index in [1.807, 2.05) is 29.2 Å². The van der Waals surface area contributed by atoms with Crippen molar-refractivity contribution in [2.45, 2.75) is 18.8 Å². The number of halogens is 1. The number of hydrogen-bond donors (Lipinski definition) is 0. The van der Waals surface area contributed by atoms with E-state index in [9.17, 15) is 9.18 Å². The Labute approximate surface area is 169 Å². The van der Waals surface area contributed by atoms with Crippen molar-refractivity contribution in [3.63, 3.8) is 0 Å². The van der Waals surface area contributed by atoms with Crippen LogP contribution in [0.3, 0.4) is 0 Å². The molecule has 2 aromatic carbocycles. The normalized spacial score (nSPS) is 16.5. The van der Waals surface area contributed by atoms with Gasteiger partial charge in [0.2, 0.25) is 0 Å². The lowest BCUT2D eigenvalue weighted by atomic mass is 9.94. The molecule has 0 spiro atoms. The molecule has 0 radical (unpaired) electrons. The molecule has 0 N–H and O–H groups in total. The van der Waals surface area contributed by atoms with Gasteiger partial charge in [0.25, 0.3) is 5.91 Å². The molecule has 0 bridgehead atoms. The van der Waals surface area contributed by atoms with Gasteiger partial charge in [-0.3, -0.25) is 9.78 Å². The summed E-state index contributed by atoms with van der Waals surface area (Å²) in [7, 11) is 1.63. The number of rotatable bonds is 4. The van der Waals surface area contributed by atoms with Gasteiger partial charge in [-0.2, -0.15) is 0 Å². The van der Waals surface area contributed by atoms with Crippen LogP contribution < -0.4 is 4.74 Å². The second-order valence-corrected chi connectivity index (χ2v) is 7.16. The van der Waals surface area contributed by atoms with E-state index in [4.69, 9.17) is 9.72 Å². The number of benzene rings is 2. The Morgan fingerprint density at radius 1 is 1.17 bits per heavy atom. The van der Waals surface area contributed by atoms with Crippen LogP contribution in [0.5, 0.6) is 5.75 Å². The highest BCUT2D eigenvalue weighted by Gasteiger charge is 2.26. The zero-order chi connectivity index (χ0) is 20.2. The van der Waals surface area contributed by atoms with Crippen molar-refractivity contribution in [2.24, 2.45) is 0 Å². The van der Waals surface area contributed by atoms with Crippen LogP contribution in [0.1, 0.15) is 34.8 Å². The Morgan fingerprint density at radius 3 is 2.79 bits per heavy atom. The molecular formula is C23H22FN3O2. The number of carbonyl (C=O) groups excluding carboxylic acids is 1. The van der Waals surface area contributed by atoms with Gasteiger partial charge in [0.1, 0.15) is 11.6 Å². The van der Waals surface area contributed by atoms with Gasteiger partial charge in [-0.25, -0.2) is 9.37 Å². The van der Waals surface area contributed by atoms with Crippen molar-refractivity contribution in [1.29, 1.82) is 0 Å². The molecule has 5 nitrogen and oxygen atoms in total. The van der Waals surface area contributed by atoms with Gasteiger partial charge >= 0.3 is 0 Å². The van der Waals surface area contributed by atoms with Gasteiger partial charge in [0.05, 0.1) is 24.7 Å². The summed E-state index contributed by atoms with van der Waals surface area (Å²) in [6.07, 6.45) is 5.36. The smallest absolute Gasteiger partial charge is 0.253 e. The Morgan fingerprint density at radius 2 is 2.00 bits per heavy atom. The average Bonchev–Trinajstić information content (AvgIpc) is 2.79. The molecule has 0 unspecified atom stereocenters. The van der Waals surface area contributed by atoms with Crippen molar-refractivity contribution >= 4 is 5.91 Å². The standard InChI is InChI=1S/C23H22FN3O2/c1-29-20-6-2-4-17(12-20)21-13-25-14-22(26-21)18-5-3-11-27(15-18)23(28)16-7-9-19(24)10-8-16/h2,4,6-10,12-14,18H,3,5,11,15H2,1H3/t18-/m1/s1. The van der Waals surface area contributed by atoms with Crippen LogP contribution in [0.2, 0.25) is 0 Å². The second kappa shape index (κ2) is 8.39. The quantitative estimate of drug-likeness (QED) is 0.665. The summed E-state index contributed by atoms with van der Waals surface area (Å²) in [5.41, 5.74) is 3.10. The fourth-order valence-electron chi connectivity index (χ4n) is 3.68. The first-order valence-corrected chi connectivity index (χ1v) is 9.65. The summed E-state index contributed by atoms with van der Waals surface area (Å²) in [6, 6.07) is 13.4. The summed E-state index contributed by atoms with van der Waals surface area (Å²) in [6.45, 7) is 1.27. The molecule has 29 heavy (non-hydrogen) atoms. The molecule has 148 valence electrons. The Bertz CT molecular complexity index is 1010. The maximum atomic E-state index is 13.2. The first-order chi connectivity index (χ1) is 14.1. The molecule has 1 aromatic heterocycles. The van der Waals surface area contributed by atoms with Crippen LogP contribution in [0.4, 0.5) is 4.39 Å². The van der Waals surface area contributed by atoms with E-state index >= 15 is 0 Å². The van der Waals surface area contributed by atoms with Crippen molar-refractivity contribution in [3.8, 4) is 17.0 Å². The molecule has 3 aromatic rings. The van der Waals surface area contributed by atoms with Crippen LogP contribution in [0.25, 0.3) is 11.3 Å². The lowest BCUT2D eigenvalue weighted by molar-refractivity contribution is 0.0705. The highest BCUT2D eigenvalue weighted by molar-refractivity contribution is 5.94. The molecular weight excluding hydrogens is 369 g/mol. The van der Waals surface area contributed by atoms with Crippen LogP contribution in [0.15, 0.2) is 60.9 Å². The lowest BCUT2D eigenvalue weighted by Crippen LogP contribution is -2.39. The number of methoxy groups -OCH3 is 1. The Hall–Kier alpha value is -3.28. The van der Waals surface area contributed by atoms with Crippen molar-refractivity contribution in [2.75, 3.05) is 20.2 Å². The highest BCUT2D eigenvalue weighted by atomic mass is 19.1. The third-order valence-corrected chi connectivity index (χ3v) is 5.24. The first-order valence-electron chi connectivity index (χ1n) is 9.65. The summed E-state index contributed by atoms with van der Waals surface area (Å²) < 4.78 is 18.5. The predicted octanol–water partition coefficient (Wildman–Crippen LogP) is 4.31. The third-order valence-electron chi connectivity index (χ3n) is 5.24. The maximum absolute atomic E-state index is 13.2. The number of amides is 1. The van der Waals surface area contributed by atoms with Crippen LogP contribution >= 0.6 is 0 Å². The van der Waals surface area contributed by atoms with Crippen LogP contribution in [-0.4, -0.2) is 41.0 Å². The molecule has 1 aliphatic rings. The van der Waals surface area contributed by atoms with E-state index in [2.05, 4.69) is 4.98 Å². The molecule has 1 saturated heterocycles. The molecule has 4 rings (SSSR count). The number of piperidine rings is 1. The van der Waals surface area contributed by atoms with E-state index in [-0.39, 0.29) is 17.6 Å². The Kier molecular flexibility index (Phi) is 5.51. The van der Waals surface area contributed by atoms with E-state index < -0.39 is 0 Å². The average molecular weight is 391 g/mol. The highest BCUT2D eigenvalue weighted by Crippen LogP contribution is 2.28. The molecule has 0 aliphatic carbocycles. The van der Waals surface area contributed by atoms with Crippen molar-refractivity contribution < 1.29 is 13.9 Å². The molecule has 1 atom stereocenters. The Balaban J connectivity index is 1.54. The second-order valence-electron chi connectivity index (χ2n) is 7.16. The number of nitrogens with zero attached hydrogens (tertiary/aromatic N) is 3. The SMILES string of the molecule is COc1cccc(-c2cncc([C@@H]3CCCN(C(=O)c4ccc(F)cc4)C3)n2)c1. The number of ether oxygens (including phenoxy) is 1. The van der Waals surface area contributed by atoms with Gasteiger partial charge < -0.3 is 9.64 Å². The number of hydrogen-bond acceptors (Lipinski definition) is 4. The number of carbonyl (C=O) groups is 1. The minimum Gasteiger partial charge on any atom is -0.497 e. The topological polar surface area (TPSA) is 55.3 Å². The predicted molar refractivity (Wildman–Crippen MR) is 108 cm³/mol. The first kappa shape index (κ1) is 19.1. The monoisotopic (exact) mass is 391 g/mol. The summed E-state index contributed by atoms with van der Waals surface area (Å²) in [4.78, 5) is 23.8. The van der Waals surface area contributed by atoms with Gasteiger partial charge in [-0.05, 0) is 49.2 Å². The van der Waals surface area contributed by atoms with Gasteiger partial charge in [-0.15, -0.1) is 0 Å². The molecule has 6 heteroatoms. The van der Waals surface area contributed by atoms with Crippen molar-refractivity contribution in [3.05, 3.63) is 78.0 Å².